The molecule has 1 amide bonds. The Labute approximate surface area is 115 Å². The summed E-state index contributed by atoms with van der Waals surface area (Å²) < 4.78 is 0. The number of nitrogens with two attached hydrogens (primary N) is 1. The van der Waals surface area contributed by atoms with E-state index >= 15 is 0 Å². The fourth-order valence-electron chi connectivity index (χ4n) is 2.28. The van der Waals surface area contributed by atoms with Gasteiger partial charge in [0.15, 0.2) is 0 Å². The van der Waals surface area contributed by atoms with E-state index in [9.17, 15) is 4.79 Å². The Balaban J connectivity index is 2.36. The number of nitrogens with zero attached hydrogens (tertiary/aromatic N) is 1. The summed E-state index contributed by atoms with van der Waals surface area (Å²) in [6.07, 6.45) is 2.21. The first-order valence-corrected chi connectivity index (χ1v) is 7.29. The summed E-state index contributed by atoms with van der Waals surface area (Å²) in [5.74, 6) is 1.03. The van der Waals surface area contributed by atoms with E-state index in [4.69, 9.17) is 5.73 Å². The van der Waals surface area contributed by atoms with E-state index < -0.39 is 0 Å². The van der Waals surface area contributed by atoms with Crippen molar-refractivity contribution < 1.29 is 4.79 Å². The van der Waals surface area contributed by atoms with Crippen molar-refractivity contribution in [2.75, 3.05) is 31.1 Å². The maximum Gasteiger partial charge on any atom is 0.229 e. The second kappa shape index (κ2) is 6.87. The monoisotopic (exact) mass is 277 g/mol. The van der Waals surface area contributed by atoms with Gasteiger partial charge in [0.05, 0.1) is 5.75 Å². The summed E-state index contributed by atoms with van der Waals surface area (Å²) in [5, 5.41) is 2.83. The molecule has 0 aromatic carbocycles. The van der Waals surface area contributed by atoms with Crippen LogP contribution in [0.4, 0.5) is 0 Å². The third-order valence-corrected chi connectivity index (χ3v) is 3.90. The van der Waals surface area contributed by atoms with Gasteiger partial charge in [0.25, 0.3) is 0 Å². The molecule has 1 rings (SSSR count). The number of carbonyl (C=O) groups excluding carboxylic acids is 1. The lowest BCUT2D eigenvalue weighted by Gasteiger charge is -2.50. The molecule has 0 heterocycles. The van der Waals surface area contributed by atoms with Crippen LogP contribution in [0.1, 0.15) is 19.8 Å². The van der Waals surface area contributed by atoms with Crippen molar-refractivity contribution in [3.05, 3.63) is 0 Å². The van der Waals surface area contributed by atoms with Gasteiger partial charge in [0.2, 0.25) is 5.91 Å². The van der Waals surface area contributed by atoms with Gasteiger partial charge in [-0.25, -0.2) is 0 Å². The van der Waals surface area contributed by atoms with E-state index in [1.54, 1.807) is 0 Å². The molecule has 3 N–H and O–H groups in total. The van der Waals surface area contributed by atoms with Gasteiger partial charge in [-0.3, -0.25) is 9.69 Å². The van der Waals surface area contributed by atoms with Crippen molar-refractivity contribution in [2.45, 2.75) is 31.3 Å². The van der Waals surface area contributed by atoms with Crippen LogP contribution < -0.4 is 11.1 Å². The highest BCUT2D eigenvalue weighted by Crippen LogP contribution is 2.33. The Morgan fingerprint density at radius 3 is 2.65 bits per heavy atom. The number of carbonyl (C=O) groups is 1. The van der Waals surface area contributed by atoms with Crippen LogP contribution in [0.5, 0.6) is 0 Å². The van der Waals surface area contributed by atoms with Gasteiger partial charge < -0.3 is 11.1 Å². The summed E-state index contributed by atoms with van der Waals surface area (Å²) in [5.41, 5.74) is 6.10. The Bertz CT molecular complexity index is 261. The minimum absolute atomic E-state index is 0.0247. The molecule has 17 heavy (non-hydrogen) atoms. The lowest BCUT2D eigenvalue weighted by atomic mass is 9.73. The molecule has 2 atom stereocenters. The van der Waals surface area contributed by atoms with Gasteiger partial charge in [-0.05, 0) is 19.8 Å². The maximum atomic E-state index is 11.1. The van der Waals surface area contributed by atoms with Crippen LogP contribution in [-0.2, 0) is 4.79 Å². The standard InChI is InChI=1S/C11H23N3OS2/c1-11(12)3-2-9(11)14(6-7-16)5-4-13-10(15)8-17/h9,16-17H,2-8,12H2,1H3,(H,13,15)/t9?,11-/m0/s1. The van der Waals surface area contributed by atoms with Crippen LogP contribution in [0.25, 0.3) is 0 Å². The molecule has 0 aromatic heterocycles. The van der Waals surface area contributed by atoms with Crippen LogP contribution in [0.2, 0.25) is 0 Å². The summed E-state index contributed by atoms with van der Waals surface area (Å²) in [4.78, 5) is 13.4. The largest absolute Gasteiger partial charge is 0.354 e. The summed E-state index contributed by atoms with van der Waals surface area (Å²) in [7, 11) is 0. The minimum Gasteiger partial charge on any atom is -0.354 e. The van der Waals surface area contributed by atoms with E-state index in [1.807, 2.05) is 0 Å². The van der Waals surface area contributed by atoms with Crippen LogP contribution in [0.15, 0.2) is 0 Å². The quantitative estimate of drug-likeness (QED) is 0.501. The van der Waals surface area contributed by atoms with Crippen molar-refractivity contribution in [1.82, 2.24) is 10.2 Å². The average Bonchev–Trinajstić information content (AvgIpc) is 2.27. The van der Waals surface area contributed by atoms with Gasteiger partial charge >= 0.3 is 0 Å². The van der Waals surface area contributed by atoms with Crippen molar-refractivity contribution in [1.29, 1.82) is 0 Å². The number of hydrogen-bond donors (Lipinski definition) is 4. The Kier molecular flexibility index (Phi) is 6.12. The first-order chi connectivity index (χ1) is 8.01. The Morgan fingerprint density at radius 2 is 2.24 bits per heavy atom. The van der Waals surface area contributed by atoms with Crippen molar-refractivity contribution in [3.8, 4) is 0 Å². The molecular weight excluding hydrogens is 254 g/mol. The lowest BCUT2D eigenvalue weighted by molar-refractivity contribution is -0.118. The topological polar surface area (TPSA) is 58.4 Å². The van der Waals surface area contributed by atoms with Crippen molar-refractivity contribution in [2.24, 2.45) is 5.73 Å². The fraction of sp³-hybridized carbons (Fsp3) is 0.909. The third kappa shape index (κ3) is 4.35. The third-order valence-electron chi connectivity index (χ3n) is 3.41. The van der Waals surface area contributed by atoms with Gasteiger partial charge in [-0.15, -0.1) is 0 Å². The molecule has 1 aliphatic rings. The molecule has 0 aromatic rings. The smallest absolute Gasteiger partial charge is 0.229 e. The van der Waals surface area contributed by atoms with Crippen LogP contribution in [0.3, 0.4) is 0 Å². The SMILES string of the molecule is C[C@]1(N)CCC1N(CCS)CCNC(=O)CS. The fourth-order valence-corrected chi connectivity index (χ4v) is 2.64. The molecule has 1 saturated carbocycles. The van der Waals surface area contributed by atoms with E-state index in [1.165, 1.54) is 0 Å². The Morgan fingerprint density at radius 1 is 1.53 bits per heavy atom. The lowest BCUT2D eigenvalue weighted by Crippen LogP contribution is -2.64. The number of rotatable bonds is 7. The van der Waals surface area contributed by atoms with Gasteiger partial charge in [0, 0.05) is 37.0 Å². The zero-order valence-electron chi connectivity index (χ0n) is 10.4. The molecular formula is C11H23N3OS2. The second-order valence-electron chi connectivity index (χ2n) is 4.83. The van der Waals surface area contributed by atoms with E-state index in [-0.39, 0.29) is 17.2 Å². The minimum atomic E-state index is -0.0868. The molecule has 4 nitrogen and oxygen atoms in total. The summed E-state index contributed by atoms with van der Waals surface area (Å²) in [6, 6.07) is 0.419. The molecule has 1 aliphatic carbocycles. The van der Waals surface area contributed by atoms with E-state index in [0.717, 1.165) is 31.7 Å². The van der Waals surface area contributed by atoms with E-state index in [0.29, 0.717) is 12.6 Å². The maximum absolute atomic E-state index is 11.1. The van der Waals surface area contributed by atoms with Crippen LogP contribution in [-0.4, -0.2) is 53.5 Å². The predicted molar refractivity (Wildman–Crippen MR) is 77.9 cm³/mol. The first kappa shape index (κ1) is 15.1. The number of nitrogens with one attached hydrogen (secondary N) is 1. The van der Waals surface area contributed by atoms with Gasteiger partial charge in [-0.1, -0.05) is 0 Å². The highest BCUT2D eigenvalue weighted by molar-refractivity contribution is 7.81. The number of thiol groups is 2. The summed E-state index contributed by atoms with van der Waals surface area (Å²) in [6.45, 7) is 4.49. The van der Waals surface area contributed by atoms with Crippen molar-refractivity contribution in [3.63, 3.8) is 0 Å². The van der Waals surface area contributed by atoms with Crippen molar-refractivity contribution >= 4 is 31.2 Å². The molecule has 0 saturated heterocycles. The first-order valence-electron chi connectivity index (χ1n) is 6.02. The zero-order chi connectivity index (χ0) is 12.9. The number of hydrogen-bond acceptors (Lipinski definition) is 5. The van der Waals surface area contributed by atoms with Crippen LogP contribution in [0, 0.1) is 0 Å². The predicted octanol–water partition coefficient (Wildman–Crippen LogP) is 0.144. The molecule has 6 heteroatoms. The number of amides is 1. The second-order valence-corrected chi connectivity index (χ2v) is 5.59. The Hall–Kier alpha value is 0.0900. The van der Waals surface area contributed by atoms with Crippen LogP contribution >= 0.6 is 25.3 Å². The summed E-state index contributed by atoms with van der Waals surface area (Å²) >= 11 is 8.19. The molecule has 1 fully saturated rings. The molecule has 0 spiro atoms. The average molecular weight is 277 g/mol. The molecule has 0 radical (unpaired) electrons. The van der Waals surface area contributed by atoms with Gasteiger partial charge in [0.1, 0.15) is 0 Å². The zero-order valence-corrected chi connectivity index (χ0v) is 12.1. The highest BCUT2D eigenvalue weighted by atomic mass is 32.1. The normalized spacial score (nSPS) is 27.9. The van der Waals surface area contributed by atoms with Gasteiger partial charge in [-0.2, -0.15) is 25.3 Å². The highest BCUT2D eigenvalue weighted by Gasteiger charge is 2.42. The molecule has 0 aliphatic heterocycles. The van der Waals surface area contributed by atoms with E-state index in [2.05, 4.69) is 42.4 Å². The molecule has 100 valence electrons. The molecule has 1 unspecified atom stereocenters. The molecule has 0 bridgehead atoms.